The van der Waals surface area contributed by atoms with Gasteiger partial charge >= 0.3 is 5.91 Å². The van der Waals surface area contributed by atoms with Crippen LogP contribution >= 0.6 is 11.3 Å². The van der Waals surface area contributed by atoms with Gasteiger partial charge in [-0.25, -0.2) is 4.98 Å². The van der Waals surface area contributed by atoms with Gasteiger partial charge in [0, 0.05) is 12.0 Å². The summed E-state index contributed by atoms with van der Waals surface area (Å²) in [7, 11) is 0. The SMILES string of the molecule is CCOc1cc([C@H]2C(=C(O)c3ccc4c(c3)C[C@@H](C)O4)C(=O)C(=O)N2c2nc3c(C)cc(C)cc3s2)ccc1OCCC(C)C. The Labute approximate surface area is 267 Å². The zero-order chi connectivity index (χ0) is 32.0. The van der Waals surface area contributed by atoms with Gasteiger partial charge in [-0.05, 0) is 98.7 Å². The predicted molar refractivity (Wildman–Crippen MR) is 177 cm³/mol. The number of carbonyl (C=O) groups is 2. The Morgan fingerprint density at radius 1 is 1.09 bits per heavy atom. The van der Waals surface area contributed by atoms with E-state index in [9.17, 15) is 14.7 Å². The largest absolute Gasteiger partial charge is 0.507 e. The van der Waals surface area contributed by atoms with Gasteiger partial charge in [0.05, 0.1) is 35.0 Å². The number of nitrogens with zero attached hydrogens (tertiary/aromatic N) is 2. The van der Waals surface area contributed by atoms with E-state index in [0.29, 0.717) is 53.3 Å². The maximum atomic E-state index is 13.9. The Bertz CT molecular complexity index is 1840. The van der Waals surface area contributed by atoms with Crippen LogP contribution in [0.2, 0.25) is 0 Å². The monoisotopic (exact) mass is 626 g/mol. The molecule has 0 bridgehead atoms. The first-order valence-electron chi connectivity index (χ1n) is 15.4. The van der Waals surface area contributed by atoms with Crippen LogP contribution in [0.4, 0.5) is 5.13 Å². The molecule has 2 aliphatic rings. The van der Waals surface area contributed by atoms with Crippen LogP contribution in [0.3, 0.4) is 0 Å². The fourth-order valence-electron chi connectivity index (χ4n) is 6.02. The van der Waals surface area contributed by atoms with Crippen molar-refractivity contribution in [1.82, 2.24) is 4.98 Å². The van der Waals surface area contributed by atoms with E-state index in [2.05, 4.69) is 13.8 Å². The van der Waals surface area contributed by atoms with Gasteiger partial charge in [-0.2, -0.15) is 0 Å². The summed E-state index contributed by atoms with van der Waals surface area (Å²) in [5.41, 5.74) is 4.82. The van der Waals surface area contributed by atoms with E-state index in [1.54, 1.807) is 24.3 Å². The second kappa shape index (κ2) is 12.2. The summed E-state index contributed by atoms with van der Waals surface area (Å²) in [4.78, 5) is 34.0. The fraction of sp³-hybridized carbons (Fsp3) is 0.361. The number of amides is 1. The molecule has 0 aliphatic carbocycles. The third-order valence-electron chi connectivity index (χ3n) is 8.17. The molecule has 1 N–H and O–H groups in total. The highest BCUT2D eigenvalue weighted by molar-refractivity contribution is 7.22. The summed E-state index contributed by atoms with van der Waals surface area (Å²) in [5.74, 6) is 0.557. The molecule has 6 rings (SSSR count). The van der Waals surface area contributed by atoms with Crippen LogP contribution in [0.25, 0.3) is 16.0 Å². The number of hydrogen-bond acceptors (Lipinski definition) is 8. The molecule has 0 saturated carbocycles. The van der Waals surface area contributed by atoms with Gasteiger partial charge in [-0.3, -0.25) is 14.5 Å². The normalized spacial score (nSPS) is 19.0. The number of aryl methyl sites for hydroxylation is 2. The Kier molecular flexibility index (Phi) is 8.31. The zero-order valence-electron chi connectivity index (χ0n) is 26.5. The molecule has 0 unspecified atom stereocenters. The van der Waals surface area contributed by atoms with E-state index in [-0.39, 0.29) is 17.4 Å². The van der Waals surface area contributed by atoms with Gasteiger partial charge in [0.15, 0.2) is 16.6 Å². The lowest BCUT2D eigenvalue weighted by Gasteiger charge is -2.24. The van der Waals surface area contributed by atoms with Crippen LogP contribution in [-0.4, -0.2) is 41.1 Å². The number of ether oxygens (including phenoxy) is 3. The average molecular weight is 627 g/mol. The van der Waals surface area contributed by atoms with Crippen molar-refractivity contribution in [2.45, 2.75) is 66.5 Å². The number of hydrogen-bond donors (Lipinski definition) is 1. The number of thiazole rings is 1. The molecule has 1 fully saturated rings. The molecule has 0 radical (unpaired) electrons. The first kappa shape index (κ1) is 30.6. The highest BCUT2D eigenvalue weighted by atomic mass is 32.1. The minimum atomic E-state index is -0.945. The smallest absolute Gasteiger partial charge is 0.301 e. The number of benzene rings is 3. The average Bonchev–Trinajstić information content (AvgIpc) is 3.65. The van der Waals surface area contributed by atoms with Gasteiger partial charge in [0.2, 0.25) is 0 Å². The summed E-state index contributed by atoms with van der Waals surface area (Å²) in [6.45, 7) is 13.1. The topological polar surface area (TPSA) is 98.2 Å². The van der Waals surface area contributed by atoms with Crippen molar-refractivity contribution in [2.75, 3.05) is 18.1 Å². The summed E-state index contributed by atoms with van der Waals surface area (Å²) < 4.78 is 18.8. The van der Waals surface area contributed by atoms with Crippen LogP contribution in [0.5, 0.6) is 17.2 Å². The van der Waals surface area contributed by atoms with Crippen LogP contribution < -0.4 is 19.1 Å². The second-order valence-electron chi connectivity index (χ2n) is 12.2. The van der Waals surface area contributed by atoms with E-state index in [1.807, 2.05) is 52.0 Å². The molecule has 1 aromatic heterocycles. The Morgan fingerprint density at radius 2 is 1.89 bits per heavy atom. The molecular weight excluding hydrogens is 588 g/mol. The predicted octanol–water partition coefficient (Wildman–Crippen LogP) is 7.69. The van der Waals surface area contributed by atoms with E-state index >= 15 is 0 Å². The van der Waals surface area contributed by atoms with E-state index in [0.717, 1.165) is 39.1 Å². The van der Waals surface area contributed by atoms with Crippen molar-refractivity contribution < 1.29 is 28.9 Å². The molecule has 45 heavy (non-hydrogen) atoms. The highest BCUT2D eigenvalue weighted by Gasteiger charge is 2.48. The van der Waals surface area contributed by atoms with E-state index in [1.165, 1.54) is 16.2 Å². The van der Waals surface area contributed by atoms with Gasteiger partial charge < -0.3 is 19.3 Å². The molecule has 234 valence electrons. The Hall–Kier alpha value is -4.37. The minimum absolute atomic E-state index is 0.00463. The molecule has 8 nitrogen and oxygen atoms in total. The summed E-state index contributed by atoms with van der Waals surface area (Å²) in [6, 6.07) is 13.9. The molecule has 2 aliphatic heterocycles. The van der Waals surface area contributed by atoms with Crippen LogP contribution in [0.1, 0.15) is 68.0 Å². The Morgan fingerprint density at radius 3 is 2.64 bits per heavy atom. The number of ketones is 1. The molecule has 3 aromatic carbocycles. The summed E-state index contributed by atoms with van der Waals surface area (Å²) >= 11 is 1.35. The van der Waals surface area contributed by atoms with Crippen molar-refractivity contribution in [3.63, 3.8) is 0 Å². The minimum Gasteiger partial charge on any atom is -0.507 e. The number of Topliss-reactive ketones (excluding diaryl/α,β-unsaturated/α-hetero) is 1. The molecule has 4 aromatic rings. The molecule has 1 amide bonds. The number of fused-ring (bicyclic) bond motifs is 2. The third kappa shape index (κ3) is 5.77. The molecular formula is C36H38N2O6S. The lowest BCUT2D eigenvalue weighted by Crippen LogP contribution is -2.29. The molecule has 9 heteroatoms. The van der Waals surface area contributed by atoms with Gasteiger partial charge in [0.25, 0.3) is 5.78 Å². The molecule has 0 spiro atoms. The summed E-state index contributed by atoms with van der Waals surface area (Å²) in [5, 5.41) is 12.2. The number of aliphatic hydroxyl groups excluding tert-OH is 1. The van der Waals surface area contributed by atoms with Crippen molar-refractivity contribution >= 4 is 44.1 Å². The van der Waals surface area contributed by atoms with Crippen LogP contribution in [0, 0.1) is 19.8 Å². The number of rotatable bonds is 9. The second-order valence-corrected chi connectivity index (χ2v) is 13.2. The van der Waals surface area contributed by atoms with Crippen molar-refractivity contribution in [2.24, 2.45) is 5.92 Å². The first-order valence-corrected chi connectivity index (χ1v) is 16.3. The fourth-order valence-corrected chi connectivity index (χ4v) is 7.19. The van der Waals surface area contributed by atoms with Crippen LogP contribution in [0.15, 0.2) is 54.1 Å². The lowest BCUT2D eigenvalue weighted by atomic mass is 9.94. The standard InChI is InChI=1S/C36H38N2O6S/c1-7-42-28-18-23(8-11-27(28)43-13-12-19(2)3)32-30(33(39)24-9-10-26-25(17-24)16-22(6)44-26)34(40)35(41)38(32)36-37-31-21(5)14-20(4)15-29(31)45-36/h8-11,14-15,17-19,22,32,39H,7,12-13,16H2,1-6H3/t22-,32+/m1/s1. The lowest BCUT2D eigenvalue weighted by molar-refractivity contribution is -0.132. The third-order valence-corrected chi connectivity index (χ3v) is 9.18. The highest BCUT2D eigenvalue weighted by Crippen LogP contribution is 2.46. The summed E-state index contributed by atoms with van der Waals surface area (Å²) in [6.07, 6.45) is 1.59. The molecule has 1 saturated heterocycles. The first-order chi connectivity index (χ1) is 21.5. The number of aliphatic hydroxyl groups is 1. The van der Waals surface area contributed by atoms with Gasteiger partial charge in [0.1, 0.15) is 17.6 Å². The Balaban J connectivity index is 1.51. The molecule has 2 atom stereocenters. The maximum absolute atomic E-state index is 13.9. The molecule has 3 heterocycles. The maximum Gasteiger partial charge on any atom is 0.301 e. The quantitative estimate of drug-likeness (QED) is 0.116. The zero-order valence-corrected chi connectivity index (χ0v) is 27.3. The number of aromatic nitrogens is 1. The number of carbonyl (C=O) groups excluding carboxylic acids is 2. The van der Waals surface area contributed by atoms with Gasteiger partial charge in [-0.1, -0.05) is 37.3 Å². The van der Waals surface area contributed by atoms with Crippen molar-refractivity contribution in [3.8, 4) is 17.2 Å². The van der Waals surface area contributed by atoms with E-state index in [4.69, 9.17) is 19.2 Å². The van der Waals surface area contributed by atoms with E-state index < -0.39 is 17.7 Å². The van der Waals surface area contributed by atoms with Crippen molar-refractivity contribution in [3.05, 3.63) is 81.9 Å². The number of anilines is 1. The van der Waals surface area contributed by atoms with Crippen molar-refractivity contribution in [1.29, 1.82) is 0 Å². The van der Waals surface area contributed by atoms with Crippen LogP contribution in [-0.2, 0) is 16.0 Å². The van der Waals surface area contributed by atoms with Gasteiger partial charge in [-0.15, -0.1) is 0 Å².